The average Bonchev–Trinajstić information content (AvgIpc) is 2.67. The lowest BCUT2D eigenvalue weighted by Gasteiger charge is -2.38. The van der Waals surface area contributed by atoms with Crippen LogP contribution in [0.25, 0.3) is 0 Å². The quantitative estimate of drug-likeness (QED) is 0.846. The number of hydrogen-bond acceptors (Lipinski definition) is 4. The van der Waals surface area contributed by atoms with Crippen molar-refractivity contribution in [2.24, 2.45) is 5.73 Å². The molecule has 1 heterocycles. The summed E-state index contributed by atoms with van der Waals surface area (Å²) in [4.78, 5) is 24.6. The monoisotopic (exact) mass is 371 g/mol. The Labute approximate surface area is 157 Å². The molecule has 0 saturated carbocycles. The Morgan fingerprint density at radius 2 is 1.63 bits per heavy atom. The fourth-order valence-corrected chi connectivity index (χ4v) is 3.18. The normalized spacial score (nSPS) is 20.2. The number of morpholine rings is 1. The summed E-state index contributed by atoms with van der Waals surface area (Å²) in [6.45, 7) is 1.65. The van der Waals surface area contributed by atoms with Crippen molar-refractivity contribution in [2.45, 2.75) is 18.6 Å². The number of amides is 3. The van der Waals surface area contributed by atoms with Gasteiger partial charge < -0.3 is 10.5 Å². The molecule has 0 bridgehead atoms. The molecule has 2 aromatic carbocycles. The van der Waals surface area contributed by atoms with Crippen LogP contribution in [0, 0.1) is 5.82 Å². The van der Waals surface area contributed by atoms with E-state index in [1.54, 1.807) is 12.1 Å². The second-order valence-electron chi connectivity index (χ2n) is 6.50. The van der Waals surface area contributed by atoms with Crippen molar-refractivity contribution in [3.05, 3.63) is 71.5 Å². The first-order valence-electron chi connectivity index (χ1n) is 8.79. The van der Waals surface area contributed by atoms with Crippen LogP contribution in [0.2, 0.25) is 0 Å². The van der Waals surface area contributed by atoms with Gasteiger partial charge in [-0.1, -0.05) is 42.5 Å². The molecule has 7 heteroatoms. The van der Waals surface area contributed by atoms with Crippen molar-refractivity contribution < 1.29 is 18.7 Å². The Kier molecular flexibility index (Phi) is 6.16. The van der Waals surface area contributed by atoms with E-state index in [0.717, 1.165) is 11.1 Å². The molecule has 0 aliphatic carbocycles. The molecule has 0 radical (unpaired) electrons. The van der Waals surface area contributed by atoms with Crippen molar-refractivity contribution >= 4 is 11.9 Å². The third-order valence-electron chi connectivity index (χ3n) is 4.51. The van der Waals surface area contributed by atoms with Gasteiger partial charge in [-0.3, -0.25) is 15.0 Å². The first-order valence-corrected chi connectivity index (χ1v) is 8.79. The summed E-state index contributed by atoms with van der Waals surface area (Å²) in [5, 5.41) is 2.07. The number of rotatable bonds is 5. The highest BCUT2D eigenvalue weighted by molar-refractivity contribution is 5.93. The molecular weight excluding hydrogens is 349 g/mol. The minimum Gasteiger partial charge on any atom is -0.363 e. The number of benzene rings is 2. The molecule has 0 unspecified atom stereocenters. The van der Waals surface area contributed by atoms with Crippen molar-refractivity contribution in [1.29, 1.82) is 0 Å². The van der Waals surface area contributed by atoms with Gasteiger partial charge in [-0.25, -0.2) is 9.18 Å². The molecular formula is C20H22FN3O3. The van der Waals surface area contributed by atoms with Gasteiger partial charge in [-0.2, -0.15) is 0 Å². The van der Waals surface area contributed by atoms with Gasteiger partial charge in [-0.05, 0) is 23.3 Å². The topological polar surface area (TPSA) is 84.7 Å². The Hall–Kier alpha value is -2.77. The van der Waals surface area contributed by atoms with E-state index >= 15 is 0 Å². The van der Waals surface area contributed by atoms with Gasteiger partial charge in [0, 0.05) is 26.1 Å². The molecule has 0 spiro atoms. The van der Waals surface area contributed by atoms with E-state index in [4.69, 9.17) is 10.5 Å². The lowest BCUT2D eigenvalue weighted by molar-refractivity contribution is -0.122. The number of nitrogens with one attached hydrogen (secondary N) is 1. The second-order valence-corrected chi connectivity index (χ2v) is 6.50. The van der Waals surface area contributed by atoms with Crippen LogP contribution in [0.5, 0.6) is 0 Å². The van der Waals surface area contributed by atoms with Crippen molar-refractivity contribution in [1.82, 2.24) is 10.2 Å². The predicted molar refractivity (Wildman–Crippen MR) is 98.2 cm³/mol. The van der Waals surface area contributed by atoms with E-state index in [2.05, 4.69) is 10.2 Å². The van der Waals surface area contributed by atoms with Gasteiger partial charge in [0.15, 0.2) is 0 Å². The Bertz CT molecular complexity index is 783. The van der Waals surface area contributed by atoms with Crippen LogP contribution in [0.3, 0.4) is 0 Å². The van der Waals surface area contributed by atoms with Crippen LogP contribution in [-0.4, -0.2) is 36.5 Å². The van der Waals surface area contributed by atoms with E-state index in [1.165, 1.54) is 12.1 Å². The average molecular weight is 371 g/mol. The molecule has 1 fully saturated rings. The van der Waals surface area contributed by atoms with E-state index in [9.17, 15) is 14.0 Å². The van der Waals surface area contributed by atoms with E-state index in [-0.39, 0.29) is 24.4 Å². The number of urea groups is 1. The molecule has 0 aromatic heterocycles. The lowest BCUT2D eigenvalue weighted by atomic mass is 10.0. The first kappa shape index (κ1) is 19.0. The third-order valence-corrected chi connectivity index (χ3v) is 4.51. The van der Waals surface area contributed by atoms with Crippen LogP contribution < -0.4 is 11.1 Å². The van der Waals surface area contributed by atoms with E-state index in [1.807, 2.05) is 30.3 Å². The molecule has 27 heavy (non-hydrogen) atoms. The minimum atomic E-state index is -0.853. The Morgan fingerprint density at radius 1 is 1.04 bits per heavy atom. The molecule has 3 N–H and O–H groups in total. The third kappa shape index (κ3) is 5.35. The second kappa shape index (κ2) is 8.75. The number of imide groups is 1. The van der Waals surface area contributed by atoms with Crippen molar-refractivity contribution in [2.75, 3.05) is 19.6 Å². The maximum absolute atomic E-state index is 13.3. The van der Waals surface area contributed by atoms with Gasteiger partial charge in [0.1, 0.15) is 5.82 Å². The molecule has 3 amide bonds. The van der Waals surface area contributed by atoms with Crippen molar-refractivity contribution in [3.8, 4) is 0 Å². The maximum Gasteiger partial charge on any atom is 0.318 e. The van der Waals surface area contributed by atoms with Gasteiger partial charge in [0.2, 0.25) is 5.91 Å². The first-order chi connectivity index (χ1) is 13.0. The number of carbonyl (C=O) groups excluding carboxylic acids is 2. The number of halogens is 1. The molecule has 2 aromatic rings. The lowest BCUT2D eigenvalue weighted by Crippen LogP contribution is -2.43. The number of primary amides is 1. The summed E-state index contributed by atoms with van der Waals surface area (Å²) in [5.74, 6) is -0.710. The minimum absolute atomic E-state index is 0.153. The summed E-state index contributed by atoms with van der Waals surface area (Å²) in [5.41, 5.74) is 6.89. The van der Waals surface area contributed by atoms with Gasteiger partial charge in [0.05, 0.1) is 12.2 Å². The number of carbonyl (C=O) groups is 2. The summed E-state index contributed by atoms with van der Waals surface area (Å²) < 4.78 is 19.5. The summed E-state index contributed by atoms with van der Waals surface area (Å²) >= 11 is 0. The molecule has 1 saturated heterocycles. The molecule has 1 aliphatic heterocycles. The van der Waals surface area contributed by atoms with Crippen LogP contribution >= 0.6 is 0 Å². The Balaban J connectivity index is 1.73. The molecule has 142 valence electrons. The highest BCUT2D eigenvalue weighted by Crippen LogP contribution is 2.33. The predicted octanol–water partition coefficient (Wildman–Crippen LogP) is 2.53. The number of nitrogens with zero attached hydrogens (tertiary/aromatic N) is 1. The van der Waals surface area contributed by atoms with Gasteiger partial charge in [-0.15, -0.1) is 0 Å². The highest BCUT2D eigenvalue weighted by atomic mass is 19.1. The van der Waals surface area contributed by atoms with E-state index in [0.29, 0.717) is 19.6 Å². The van der Waals surface area contributed by atoms with Gasteiger partial charge in [0.25, 0.3) is 0 Å². The fraction of sp³-hybridized carbons (Fsp3) is 0.300. The van der Waals surface area contributed by atoms with Crippen LogP contribution in [0.15, 0.2) is 54.6 Å². The molecule has 2 atom stereocenters. The molecule has 6 nitrogen and oxygen atoms in total. The number of ether oxygens (including phenoxy) is 1. The Morgan fingerprint density at radius 3 is 2.22 bits per heavy atom. The summed E-state index contributed by atoms with van der Waals surface area (Å²) in [7, 11) is 0. The summed E-state index contributed by atoms with van der Waals surface area (Å²) in [6.07, 6.45) is -0.265. The molecule has 1 aliphatic rings. The van der Waals surface area contributed by atoms with Crippen LogP contribution in [0.1, 0.15) is 29.8 Å². The van der Waals surface area contributed by atoms with Gasteiger partial charge >= 0.3 is 6.03 Å². The zero-order valence-electron chi connectivity index (χ0n) is 14.8. The standard InChI is InChI=1S/C20H22FN3O3/c21-16-8-6-15(7-9-16)18-13-24(11-10-19(25)23-20(22)26)12-17(27-18)14-4-2-1-3-5-14/h1-9,17-18H,10-13H2,(H3,22,23,25,26)/t17-,18+/m1/s1. The summed E-state index contributed by atoms with van der Waals surface area (Å²) in [6, 6.07) is 15.2. The van der Waals surface area contributed by atoms with Crippen molar-refractivity contribution in [3.63, 3.8) is 0 Å². The highest BCUT2D eigenvalue weighted by Gasteiger charge is 2.30. The van der Waals surface area contributed by atoms with E-state index < -0.39 is 11.9 Å². The number of nitrogens with two attached hydrogens (primary N) is 1. The van der Waals surface area contributed by atoms with Crippen LogP contribution in [-0.2, 0) is 9.53 Å². The zero-order chi connectivity index (χ0) is 19.2. The maximum atomic E-state index is 13.3. The smallest absolute Gasteiger partial charge is 0.318 e. The SMILES string of the molecule is NC(=O)NC(=O)CCN1C[C@@H](c2ccc(F)cc2)O[C@@H](c2ccccc2)C1. The largest absolute Gasteiger partial charge is 0.363 e. The van der Waals surface area contributed by atoms with Crippen LogP contribution in [0.4, 0.5) is 9.18 Å². The molecule has 3 rings (SSSR count). The fourth-order valence-electron chi connectivity index (χ4n) is 3.18. The number of hydrogen-bond donors (Lipinski definition) is 2. The zero-order valence-corrected chi connectivity index (χ0v) is 14.8.